The molecule has 50 heavy (non-hydrogen) atoms. The van der Waals surface area contributed by atoms with Crippen LogP contribution >= 0.6 is 0 Å². The van der Waals surface area contributed by atoms with Crippen LogP contribution in [0.15, 0.2) is 176 Å². The van der Waals surface area contributed by atoms with Gasteiger partial charge in [-0.2, -0.15) is 0 Å². The number of fused-ring (bicyclic) bond motifs is 9. The summed E-state index contributed by atoms with van der Waals surface area (Å²) in [5.41, 5.74) is 7.11. The van der Waals surface area contributed by atoms with Crippen molar-refractivity contribution >= 4 is 53.9 Å². The lowest BCUT2D eigenvalue weighted by atomic mass is 9.88. The first-order valence-electron chi connectivity index (χ1n) is 16.9. The minimum Gasteiger partial charge on any atom is -0.263 e. The first-order chi connectivity index (χ1) is 24.8. The molecule has 0 saturated carbocycles. The van der Waals surface area contributed by atoms with E-state index in [4.69, 9.17) is 9.97 Å². The Hall–Kier alpha value is -6.71. The summed E-state index contributed by atoms with van der Waals surface area (Å²) in [6.07, 6.45) is 3.86. The average molecular weight is 636 g/mol. The highest BCUT2D eigenvalue weighted by Gasteiger charge is 2.18. The second-order valence-corrected chi connectivity index (χ2v) is 12.8. The lowest BCUT2D eigenvalue weighted by molar-refractivity contribution is 1.19. The van der Waals surface area contributed by atoms with Crippen LogP contribution in [0.1, 0.15) is 0 Å². The highest BCUT2D eigenvalue weighted by atomic mass is 14.9. The first-order valence-corrected chi connectivity index (χ1v) is 16.9. The topological polar surface area (TPSA) is 38.7 Å². The van der Waals surface area contributed by atoms with Gasteiger partial charge in [0.25, 0.3) is 0 Å². The molecule has 0 aliphatic rings. The van der Waals surface area contributed by atoms with Gasteiger partial charge in [0.2, 0.25) is 0 Å². The summed E-state index contributed by atoms with van der Waals surface area (Å²) in [6, 6.07) is 58.1. The minimum atomic E-state index is 0.691. The summed E-state index contributed by atoms with van der Waals surface area (Å²) >= 11 is 0. The van der Waals surface area contributed by atoms with E-state index >= 15 is 0 Å². The van der Waals surface area contributed by atoms with Gasteiger partial charge in [0.05, 0.1) is 11.4 Å². The SMILES string of the molecule is c1ccc(-c2cc(-c3cc4c5ccccc5c5ccccc5c4c4ccccc34)nc(-c3ccc(-c4cncc5ccccc45)cc3)n2)cc1. The third-order valence-electron chi connectivity index (χ3n) is 9.94. The molecule has 232 valence electrons. The van der Waals surface area contributed by atoms with Crippen LogP contribution in [0, 0.1) is 0 Å². The van der Waals surface area contributed by atoms with Crippen molar-refractivity contribution < 1.29 is 0 Å². The van der Waals surface area contributed by atoms with Gasteiger partial charge in [-0.15, -0.1) is 0 Å². The maximum absolute atomic E-state index is 5.33. The molecule has 8 aromatic carbocycles. The van der Waals surface area contributed by atoms with Crippen molar-refractivity contribution in [3.05, 3.63) is 176 Å². The van der Waals surface area contributed by atoms with Crippen LogP contribution in [0.4, 0.5) is 0 Å². The van der Waals surface area contributed by atoms with Crippen molar-refractivity contribution in [3.63, 3.8) is 0 Å². The zero-order valence-electron chi connectivity index (χ0n) is 27.1. The minimum absolute atomic E-state index is 0.691. The zero-order valence-corrected chi connectivity index (χ0v) is 27.1. The molecular formula is C47H29N3. The Morgan fingerprint density at radius 2 is 0.860 bits per heavy atom. The Bertz CT molecular complexity index is 2910. The first kappa shape index (κ1) is 28.3. The molecule has 3 heteroatoms. The molecule has 0 unspecified atom stereocenters. The smallest absolute Gasteiger partial charge is 0.160 e. The van der Waals surface area contributed by atoms with Crippen LogP contribution in [0.5, 0.6) is 0 Å². The van der Waals surface area contributed by atoms with Gasteiger partial charge in [-0.25, -0.2) is 9.97 Å². The van der Waals surface area contributed by atoms with Crippen molar-refractivity contribution in [2.45, 2.75) is 0 Å². The fourth-order valence-electron chi connectivity index (χ4n) is 7.60. The van der Waals surface area contributed by atoms with Gasteiger partial charge in [-0.3, -0.25) is 4.98 Å². The second kappa shape index (κ2) is 11.5. The summed E-state index contributed by atoms with van der Waals surface area (Å²) in [7, 11) is 0. The lowest BCUT2D eigenvalue weighted by Crippen LogP contribution is -1.97. The molecule has 0 spiro atoms. The molecule has 0 saturated heterocycles. The van der Waals surface area contributed by atoms with Crippen LogP contribution in [-0.4, -0.2) is 15.0 Å². The highest BCUT2D eigenvalue weighted by Crippen LogP contribution is 2.43. The average Bonchev–Trinajstić information content (AvgIpc) is 3.20. The van der Waals surface area contributed by atoms with Crippen LogP contribution in [0.25, 0.3) is 98.9 Å². The fourth-order valence-corrected chi connectivity index (χ4v) is 7.60. The van der Waals surface area contributed by atoms with Crippen molar-refractivity contribution in [1.29, 1.82) is 0 Å². The largest absolute Gasteiger partial charge is 0.263 e. The molecular weight excluding hydrogens is 607 g/mol. The molecule has 0 aliphatic carbocycles. The van der Waals surface area contributed by atoms with Gasteiger partial charge in [0, 0.05) is 40.0 Å². The van der Waals surface area contributed by atoms with E-state index < -0.39 is 0 Å². The maximum Gasteiger partial charge on any atom is 0.160 e. The quantitative estimate of drug-likeness (QED) is 0.181. The Morgan fingerprint density at radius 1 is 0.320 bits per heavy atom. The molecule has 2 heterocycles. The second-order valence-electron chi connectivity index (χ2n) is 12.8. The Balaban J connectivity index is 1.22. The molecule has 0 fully saturated rings. The zero-order chi connectivity index (χ0) is 33.0. The normalized spacial score (nSPS) is 11.6. The molecule has 0 N–H and O–H groups in total. The Kier molecular flexibility index (Phi) is 6.49. The summed E-state index contributed by atoms with van der Waals surface area (Å²) in [5.74, 6) is 0.691. The highest BCUT2D eigenvalue weighted by molar-refractivity contribution is 6.33. The molecule has 0 aliphatic heterocycles. The van der Waals surface area contributed by atoms with Crippen LogP contribution in [-0.2, 0) is 0 Å². The number of nitrogens with zero attached hydrogens (tertiary/aromatic N) is 3. The van der Waals surface area contributed by atoms with E-state index in [-0.39, 0.29) is 0 Å². The number of benzene rings is 8. The van der Waals surface area contributed by atoms with Gasteiger partial charge in [-0.05, 0) is 66.2 Å². The molecule has 10 rings (SSSR count). The maximum atomic E-state index is 5.33. The molecule has 2 aromatic heterocycles. The van der Waals surface area contributed by atoms with E-state index in [2.05, 4.69) is 163 Å². The van der Waals surface area contributed by atoms with Gasteiger partial charge in [0.15, 0.2) is 5.82 Å². The van der Waals surface area contributed by atoms with E-state index in [1.165, 1.54) is 48.5 Å². The van der Waals surface area contributed by atoms with E-state index in [0.717, 1.165) is 44.6 Å². The number of aromatic nitrogens is 3. The van der Waals surface area contributed by atoms with Gasteiger partial charge in [-0.1, -0.05) is 152 Å². The van der Waals surface area contributed by atoms with Crippen molar-refractivity contribution in [2.24, 2.45) is 0 Å². The molecule has 10 aromatic rings. The summed E-state index contributed by atoms with van der Waals surface area (Å²) < 4.78 is 0. The van der Waals surface area contributed by atoms with E-state index in [1.807, 2.05) is 18.5 Å². The third-order valence-corrected chi connectivity index (χ3v) is 9.94. The van der Waals surface area contributed by atoms with E-state index in [9.17, 15) is 0 Å². The summed E-state index contributed by atoms with van der Waals surface area (Å²) in [6.45, 7) is 0. The van der Waals surface area contributed by atoms with Crippen LogP contribution in [0.3, 0.4) is 0 Å². The Morgan fingerprint density at radius 3 is 1.60 bits per heavy atom. The lowest BCUT2D eigenvalue weighted by Gasteiger charge is -2.16. The number of pyridine rings is 1. The summed E-state index contributed by atoms with van der Waals surface area (Å²) in [5, 5.41) is 12.2. The standard InChI is InChI=1S/C47H29N3/c1-2-12-31(13-3-1)44-27-45(50-47(49-44)32-24-22-30(23-25-32)43-29-48-28-33-14-4-5-15-34(33)43)41-26-42-37-18-7-6-16-35(37)36-17-8-10-20-39(36)46(42)40-21-11-9-19-38(40)41/h1-29H. The predicted molar refractivity (Wildman–Crippen MR) is 209 cm³/mol. The van der Waals surface area contributed by atoms with Gasteiger partial charge in [0.1, 0.15) is 0 Å². The van der Waals surface area contributed by atoms with Crippen molar-refractivity contribution in [1.82, 2.24) is 15.0 Å². The molecule has 0 amide bonds. The van der Waals surface area contributed by atoms with Gasteiger partial charge < -0.3 is 0 Å². The molecule has 0 radical (unpaired) electrons. The number of rotatable bonds is 4. The summed E-state index contributed by atoms with van der Waals surface area (Å²) in [4.78, 5) is 15.0. The molecule has 0 bridgehead atoms. The fraction of sp³-hybridized carbons (Fsp3) is 0. The van der Waals surface area contributed by atoms with E-state index in [1.54, 1.807) is 0 Å². The van der Waals surface area contributed by atoms with Crippen LogP contribution in [0.2, 0.25) is 0 Å². The van der Waals surface area contributed by atoms with Crippen molar-refractivity contribution in [3.8, 4) is 45.0 Å². The van der Waals surface area contributed by atoms with Crippen LogP contribution < -0.4 is 0 Å². The van der Waals surface area contributed by atoms with Gasteiger partial charge >= 0.3 is 0 Å². The number of hydrogen-bond acceptors (Lipinski definition) is 3. The Labute approximate surface area is 289 Å². The monoisotopic (exact) mass is 635 g/mol. The third kappa shape index (κ3) is 4.56. The molecule has 0 atom stereocenters. The van der Waals surface area contributed by atoms with Crippen molar-refractivity contribution in [2.75, 3.05) is 0 Å². The predicted octanol–water partition coefficient (Wildman–Crippen LogP) is 12.3. The van der Waals surface area contributed by atoms with E-state index in [0.29, 0.717) is 5.82 Å². The number of hydrogen-bond donors (Lipinski definition) is 0. The molecule has 3 nitrogen and oxygen atoms in total.